The summed E-state index contributed by atoms with van der Waals surface area (Å²) < 4.78 is 5.37. The molecule has 0 aromatic heterocycles. The molecule has 0 unspecified atom stereocenters. The summed E-state index contributed by atoms with van der Waals surface area (Å²) in [6, 6.07) is 19.5. The first-order valence-corrected chi connectivity index (χ1v) is 12.4. The topological polar surface area (TPSA) is 48.0 Å². The summed E-state index contributed by atoms with van der Waals surface area (Å²) in [6.45, 7) is 8.25. The van der Waals surface area contributed by atoms with E-state index in [0.717, 1.165) is 64.5 Å². The predicted molar refractivity (Wildman–Crippen MR) is 134 cm³/mol. The number of hydrogen-bond acceptors (Lipinski definition) is 5. The number of nitrogens with zero attached hydrogens (tertiary/aromatic N) is 3. The van der Waals surface area contributed by atoms with Gasteiger partial charge in [-0.2, -0.15) is 0 Å². The molecule has 6 heteroatoms. The van der Waals surface area contributed by atoms with Gasteiger partial charge in [0.15, 0.2) is 0 Å². The molecule has 6 nitrogen and oxygen atoms in total. The van der Waals surface area contributed by atoms with Gasteiger partial charge in [0.2, 0.25) is 0 Å². The summed E-state index contributed by atoms with van der Waals surface area (Å²) in [4.78, 5) is 19.8. The molecule has 2 fully saturated rings. The molecule has 1 amide bonds. The molecule has 178 valence electrons. The van der Waals surface area contributed by atoms with Crippen molar-refractivity contribution >= 4 is 11.6 Å². The first-order chi connectivity index (χ1) is 16.2. The molecule has 2 heterocycles. The molecule has 0 radical (unpaired) electrons. The number of ether oxygens (including phenoxy) is 1. The van der Waals surface area contributed by atoms with Gasteiger partial charge >= 0.3 is 0 Å². The van der Waals surface area contributed by atoms with Crippen LogP contribution in [0.3, 0.4) is 0 Å². The molecule has 0 saturated carbocycles. The maximum absolute atomic E-state index is 12.5. The maximum Gasteiger partial charge on any atom is 0.251 e. The summed E-state index contributed by atoms with van der Waals surface area (Å²) in [5.41, 5.74) is 3.36. The highest BCUT2D eigenvalue weighted by Crippen LogP contribution is 2.23. The Balaban J connectivity index is 1.18. The van der Waals surface area contributed by atoms with Gasteiger partial charge in [-0.3, -0.25) is 9.69 Å². The highest BCUT2D eigenvalue weighted by Gasteiger charge is 2.22. The monoisotopic (exact) mass is 450 g/mol. The van der Waals surface area contributed by atoms with Crippen LogP contribution in [-0.2, 0) is 11.2 Å². The van der Waals surface area contributed by atoms with E-state index in [1.54, 1.807) is 0 Å². The number of carbonyl (C=O) groups is 1. The van der Waals surface area contributed by atoms with Gasteiger partial charge in [0.1, 0.15) is 0 Å². The van der Waals surface area contributed by atoms with E-state index >= 15 is 0 Å². The molecule has 2 aromatic carbocycles. The maximum atomic E-state index is 12.5. The zero-order valence-corrected chi connectivity index (χ0v) is 19.9. The SMILES string of the molecule is CN(CCc1ccccc1)C1CCN(c2ccc(C(=O)NCCN3CCOCC3)cc2)CC1. The quantitative estimate of drug-likeness (QED) is 0.637. The van der Waals surface area contributed by atoms with E-state index < -0.39 is 0 Å². The van der Waals surface area contributed by atoms with Crippen LogP contribution in [0.4, 0.5) is 5.69 Å². The first kappa shape index (κ1) is 23.7. The van der Waals surface area contributed by atoms with Crippen LogP contribution < -0.4 is 10.2 Å². The first-order valence-electron chi connectivity index (χ1n) is 12.4. The number of anilines is 1. The van der Waals surface area contributed by atoms with Crippen LogP contribution in [0.1, 0.15) is 28.8 Å². The van der Waals surface area contributed by atoms with Gasteiger partial charge in [-0.1, -0.05) is 30.3 Å². The summed E-state index contributed by atoms with van der Waals surface area (Å²) >= 11 is 0. The molecule has 0 atom stereocenters. The molecule has 0 spiro atoms. The number of carbonyl (C=O) groups excluding carboxylic acids is 1. The van der Waals surface area contributed by atoms with Crippen LogP contribution in [0.15, 0.2) is 54.6 Å². The second-order valence-electron chi connectivity index (χ2n) is 9.19. The van der Waals surface area contributed by atoms with Crippen molar-refractivity contribution in [2.45, 2.75) is 25.3 Å². The molecular weight excluding hydrogens is 412 g/mol. The largest absolute Gasteiger partial charge is 0.379 e. The lowest BCUT2D eigenvalue weighted by atomic mass is 10.0. The second-order valence-corrected chi connectivity index (χ2v) is 9.19. The van der Waals surface area contributed by atoms with Gasteiger partial charge in [0.25, 0.3) is 5.91 Å². The minimum absolute atomic E-state index is 0.00792. The van der Waals surface area contributed by atoms with Crippen molar-refractivity contribution < 1.29 is 9.53 Å². The van der Waals surface area contributed by atoms with E-state index in [0.29, 0.717) is 12.6 Å². The lowest BCUT2D eigenvalue weighted by Gasteiger charge is -2.38. The van der Waals surface area contributed by atoms with Crippen molar-refractivity contribution in [1.29, 1.82) is 0 Å². The van der Waals surface area contributed by atoms with Crippen LogP contribution in [0, 0.1) is 0 Å². The molecule has 1 N–H and O–H groups in total. The number of amides is 1. The Kier molecular flexibility index (Phi) is 8.75. The van der Waals surface area contributed by atoms with Gasteiger partial charge in [-0.05, 0) is 56.1 Å². The van der Waals surface area contributed by atoms with E-state index in [4.69, 9.17) is 4.74 Å². The molecule has 0 bridgehead atoms. The predicted octanol–water partition coefficient (Wildman–Crippen LogP) is 2.89. The fourth-order valence-electron chi connectivity index (χ4n) is 4.78. The number of piperidine rings is 1. The van der Waals surface area contributed by atoms with Crippen molar-refractivity contribution in [3.63, 3.8) is 0 Å². The summed E-state index contributed by atoms with van der Waals surface area (Å²) in [7, 11) is 2.26. The minimum Gasteiger partial charge on any atom is -0.379 e. The Morgan fingerprint density at radius 3 is 2.39 bits per heavy atom. The van der Waals surface area contributed by atoms with Crippen LogP contribution in [0.2, 0.25) is 0 Å². The molecule has 2 aromatic rings. The van der Waals surface area contributed by atoms with Crippen LogP contribution >= 0.6 is 0 Å². The zero-order valence-electron chi connectivity index (χ0n) is 19.9. The Bertz CT molecular complexity index is 844. The average molecular weight is 451 g/mol. The van der Waals surface area contributed by atoms with Gasteiger partial charge in [0.05, 0.1) is 13.2 Å². The minimum atomic E-state index is 0.00792. The van der Waals surface area contributed by atoms with Crippen LogP contribution in [0.5, 0.6) is 0 Å². The molecular formula is C27H38N4O2. The normalized spacial score (nSPS) is 17.9. The third kappa shape index (κ3) is 7.03. The van der Waals surface area contributed by atoms with E-state index in [1.807, 2.05) is 12.1 Å². The molecule has 0 aliphatic carbocycles. The third-order valence-corrected chi connectivity index (χ3v) is 7.00. The van der Waals surface area contributed by atoms with E-state index in [2.05, 4.69) is 69.5 Å². The average Bonchev–Trinajstić information content (AvgIpc) is 2.88. The fraction of sp³-hybridized carbons (Fsp3) is 0.519. The fourth-order valence-corrected chi connectivity index (χ4v) is 4.78. The van der Waals surface area contributed by atoms with Crippen molar-refractivity contribution in [3.05, 3.63) is 65.7 Å². The van der Waals surface area contributed by atoms with Crippen molar-refractivity contribution in [1.82, 2.24) is 15.1 Å². The Morgan fingerprint density at radius 2 is 1.70 bits per heavy atom. The lowest BCUT2D eigenvalue weighted by molar-refractivity contribution is 0.0383. The van der Waals surface area contributed by atoms with Crippen LogP contribution in [-0.4, -0.2) is 87.8 Å². The number of benzene rings is 2. The Morgan fingerprint density at radius 1 is 1.00 bits per heavy atom. The smallest absolute Gasteiger partial charge is 0.251 e. The Hall–Kier alpha value is -2.41. The van der Waals surface area contributed by atoms with E-state index in [9.17, 15) is 4.79 Å². The zero-order chi connectivity index (χ0) is 22.9. The molecule has 2 aliphatic heterocycles. The highest BCUT2D eigenvalue weighted by molar-refractivity contribution is 5.94. The molecule has 2 saturated heterocycles. The highest BCUT2D eigenvalue weighted by atomic mass is 16.5. The summed E-state index contributed by atoms with van der Waals surface area (Å²) in [6.07, 6.45) is 3.46. The number of rotatable bonds is 9. The standard InChI is InChI=1S/C27H38N4O2/c1-29(15-11-23-5-3-2-4-6-23)25-12-16-31(17-13-25)26-9-7-24(8-10-26)27(32)28-14-18-30-19-21-33-22-20-30/h2-10,25H,11-22H2,1H3,(H,28,32). The van der Waals surface area contributed by atoms with Gasteiger partial charge in [-0.25, -0.2) is 0 Å². The molecule has 33 heavy (non-hydrogen) atoms. The lowest BCUT2D eigenvalue weighted by Crippen LogP contribution is -2.44. The number of hydrogen-bond donors (Lipinski definition) is 1. The van der Waals surface area contributed by atoms with Crippen molar-refractivity contribution in [2.75, 3.05) is 71.0 Å². The van der Waals surface area contributed by atoms with E-state index in [-0.39, 0.29) is 5.91 Å². The summed E-state index contributed by atoms with van der Waals surface area (Å²) in [5, 5.41) is 3.05. The Labute approximate surface area is 198 Å². The number of likely N-dealkylation sites (N-methyl/N-ethyl adjacent to an activating group) is 1. The van der Waals surface area contributed by atoms with Crippen molar-refractivity contribution in [2.24, 2.45) is 0 Å². The van der Waals surface area contributed by atoms with Crippen molar-refractivity contribution in [3.8, 4) is 0 Å². The third-order valence-electron chi connectivity index (χ3n) is 7.00. The van der Waals surface area contributed by atoms with Crippen LogP contribution in [0.25, 0.3) is 0 Å². The second kappa shape index (κ2) is 12.2. The van der Waals surface area contributed by atoms with Gasteiger partial charge < -0.3 is 19.9 Å². The number of nitrogens with one attached hydrogen (secondary N) is 1. The summed E-state index contributed by atoms with van der Waals surface area (Å²) in [5.74, 6) is 0.00792. The van der Waals surface area contributed by atoms with Gasteiger partial charge in [0, 0.05) is 63.1 Å². The molecule has 4 rings (SSSR count). The molecule has 2 aliphatic rings. The van der Waals surface area contributed by atoms with Gasteiger partial charge in [-0.15, -0.1) is 0 Å². The number of morpholine rings is 1. The van der Waals surface area contributed by atoms with E-state index in [1.165, 1.54) is 24.1 Å².